The topological polar surface area (TPSA) is 145 Å². The van der Waals surface area contributed by atoms with Gasteiger partial charge >= 0.3 is 13.9 Å². The Bertz CT molecular complexity index is 1110. The third-order valence-corrected chi connectivity index (χ3v) is 6.27. The summed E-state index contributed by atoms with van der Waals surface area (Å²) in [7, 11) is -4.73. The number of phosphoric ester groups is 1. The van der Waals surface area contributed by atoms with Crippen molar-refractivity contribution in [3.05, 3.63) is 59.7 Å². The zero-order valence-corrected chi connectivity index (χ0v) is 21.3. The summed E-state index contributed by atoms with van der Waals surface area (Å²) in [6.45, 7) is 8.43. The smallest absolute Gasteiger partial charge is 0.350 e. The van der Waals surface area contributed by atoms with E-state index in [9.17, 15) is 14.2 Å². The molecular weight excluding hydrogens is 471 g/mol. The predicted octanol–water partition coefficient (Wildman–Crippen LogP) is 2.87. The van der Waals surface area contributed by atoms with E-state index in [1.54, 1.807) is 21.9 Å². The van der Waals surface area contributed by atoms with Crippen molar-refractivity contribution in [3.63, 3.8) is 0 Å². The molecule has 1 saturated heterocycles. The van der Waals surface area contributed by atoms with Crippen LogP contribution in [-0.4, -0.2) is 47.0 Å². The number of hydrogen-bond donors (Lipinski definition) is 4. The molecule has 0 spiro atoms. The van der Waals surface area contributed by atoms with Crippen molar-refractivity contribution in [1.29, 1.82) is 0 Å². The number of amides is 3. The molecular formula is C24H33N4O6P. The van der Waals surface area contributed by atoms with Crippen LogP contribution >= 0.6 is 7.82 Å². The monoisotopic (exact) mass is 504 g/mol. The molecule has 0 saturated carbocycles. The van der Waals surface area contributed by atoms with Crippen LogP contribution < -0.4 is 20.9 Å². The van der Waals surface area contributed by atoms with Gasteiger partial charge < -0.3 is 20.8 Å². The van der Waals surface area contributed by atoms with Crippen LogP contribution in [-0.2, 0) is 25.8 Å². The number of nitrogens with zero attached hydrogens (tertiary/aromatic N) is 2. The van der Waals surface area contributed by atoms with Crippen molar-refractivity contribution in [3.8, 4) is 0 Å². The largest absolute Gasteiger partial charge is 0.469 e. The predicted molar refractivity (Wildman–Crippen MR) is 134 cm³/mol. The molecule has 0 radical (unpaired) electrons. The van der Waals surface area contributed by atoms with Crippen molar-refractivity contribution < 1.29 is 28.5 Å². The third kappa shape index (κ3) is 6.90. The Hall–Kier alpha value is -2.75. The van der Waals surface area contributed by atoms with Gasteiger partial charge in [0.15, 0.2) is 0 Å². The number of anilines is 2. The summed E-state index contributed by atoms with van der Waals surface area (Å²) in [4.78, 5) is 46.4. The second kappa shape index (κ2) is 10.1. The molecule has 1 aliphatic rings. The Morgan fingerprint density at radius 3 is 1.94 bits per heavy atom. The van der Waals surface area contributed by atoms with Crippen molar-refractivity contribution in [2.75, 3.05) is 29.5 Å². The molecule has 1 fully saturated rings. The van der Waals surface area contributed by atoms with E-state index in [0.717, 1.165) is 16.9 Å². The Kier molecular flexibility index (Phi) is 7.74. The van der Waals surface area contributed by atoms with E-state index in [1.165, 1.54) is 12.5 Å². The summed E-state index contributed by atoms with van der Waals surface area (Å²) in [6, 6.07) is 15.2. The Balaban J connectivity index is 1.58. The molecule has 3 rings (SSSR count). The third-order valence-electron chi connectivity index (χ3n) is 5.81. The van der Waals surface area contributed by atoms with Crippen molar-refractivity contribution in [2.24, 2.45) is 5.73 Å². The van der Waals surface area contributed by atoms with Crippen LogP contribution in [0, 0.1) is 0 Å². The summed E-state index contributed by atoms with van der Waals surface area (Å²) in [5, 5.41) is 2.63. The number of carbonyl (C=O) groups excluding carboxylic acids is 2. The van der Waals surface area contributed by atoms with E-state index < -0.39 is 25.9 Å². The minimum absolute atomic E-state index is 0.0419. The lowest BCUT2D eigenvalue weighted by molar-refractivity contribution is -0.127. The molecule has 35 heavy (non-hydrogen) atoms. The summed E-state index contributed by atoms with van der Waals surface area (Å²) < 4.78 is 15.2. The number of nitrogens with two attached hydrogens (primary N) is 1. The standard InChI is InChI=1S/C24H33N4O6P/c1-23(2,3)18-7-11-20(12-8-18)28-14-13-27(22(28)30)19-9-5-17(6-10-19)15-26-21(29)24(4,25)16-34-35(31,32)33/h5-12H,13-16,25H2,1-4H3,(H,26,29)(H2,31,32,33). The SMILES string of the molecule is CC(N)(COP(=O)(O)O)C(=O)NCc1ccc(N2CCN(c3ccc(C(C)(C)C)cc3)C2=O)cc1. The average molecular weight is 505 g/mol. The van der Waals surface area contributed by atoms with Gasteiger partial charge in [-0.05, 0) is 47.7 Å². The fourth-order valence-corrected chi connectivity index (χ4v) is 4.06. The molecule has 0 aliphatic carbocycles. The van der Waals surface area contributed by atoms with E-state index >= 15 is 0 Å². The maximum atomic E-state index is 13.0. The molecule has 1 unspecified atom stereocenters. The maximum Gasteiger partial charge on any atom is 0.469 e. The maximum absolute atomic E-state index is 13.0. The molecule has 0 aromatic heterocycles. The zero-order chi connectivity index (χ0) is 26.0. The minimum Gasteiger partial charge on any atom is -0.350 e. The van der Waals surface area contributed by atoms with Gasteiger partial charge in [0.25, 0.3) is 0 Å². The van der Waals surface area contributed by atoms with E-state index in [1.807, 2.05) is 24.3 Å². The minimum atomic E-state index is -4.73. The number of rotatable bonds is 8. The van der Waals surface area contributed by atoms with E-state index in [2.05, 4.69) is 42.7 Å². The highest BCUT2D eigenvalue weighted by molar-refractivity contribution is 7.46. The van der Waals surface area contributed by atoms with Crippen LogP contribution in [0.5, 0.6) is 0 Å². The normalized spacial score (nSPS) is 16.4. The molecule has 2 aromatic rings. The molecule has 0 bridgehead atoms. The molecule has 1 heterocycles. The first-order valence-electron chi connectivity index (χ1n) is 11.2. The first kappa shape index (κ1) is 26.8. The molecule has 10 nitrogen and oxygen atoms in total. The summed E-state index contributed by atoms with van der Waals surface area (Å²) in [5.41, 5.74) is 7.83. The van der Waals surface area contributed by atoms with Crippen LogP contribution in [0.3, 0.4) is 0 Å². The van der Waals surface area contributed by atoms with Crippen LogP contribution in [0.1, 0.15) is 38.8 Å². The second-order valence-corrected chi connectivity index (χ2v) is 11.2. The van der Waals surface area contributed by atoms with Crippen molar-refractivity contribution in [1.82, 2.24) is 5.32 Å². The van der Waals surface area contributed by atoms with Crippen molar-refractivity contribution >= 4 is 31.1 Å². The van der Waals surface area contributed by atoms with Gasteiger partial charge in [-0.25, -0.2) is 9.36 Å². The van der Waals surface area contributed by atoms with Crippen LogP contribution in [0.25, 0.3) is 0 Å². The van der Waals surface area contributed by atoms with Gasteiger partial charge in [0.05, 0.1) is 6.61 Å². The Labute approximate surface area is 205 Å². The summed E-state index contributed by atoms with van der Waals surface area (Å²) in [6.07, 6.45) is 0. The number of phosphoric acid groups is 1. The Morgan fingerprint density at radius 2 is 1.49 bits per heavy atom. The molecule has 3 amide bonds. The van der Waals surface area contributed by atoms with Crippen LogP contribution in [0.15, 0.2) is 48.5 Å². The lowest BCUT2D eigenvalue weighted by Crippen LogP contribution is -2.54. The highest BCUT2D eigenvalue weighted by atomic mass is 31.2. The first-order valence-corrected chi connectivity index (χ1v) is 12.8. The average Bonchev–Trinajstić information content (AvgIpc) is 3.16. The van der Waals surface area contributed by atoms with E-state index in [4.69, 9.17) is 15.5 Å². The number of nitrogens with one attached hydrogen (secondary N) is 1. The first-order chi connectivity index (χ1) is 16.2. The molecule has 1 aliphatic heterocycles. The highest BCUT2D eigenvalue weighted by Gasteiger charge is 2.32. The van der Waals surface area contributed by atoms with Crippen LogP contribution in [0.2, 0.25) is 0 Å². The van der Waals surface area contributed by atoms with Crippen LogP contribution in [0.4, 0.5) is 16.2 Å². The molecule has 1 atom stereocenters. The molecule has 5 N–H and O–H groups in total. The second-order valence-electron chi connectivity index (χ2n) is 9.91. The van der Waals surface area contributed by atoms with Gasteiger partial charge in [-0.15, -0.1) is 0 Å². The Morgan fingerprint density at radius 1 is 1.00 bits per heavy atom. The van der Waals surface area contributed by atoms with Gasteiger partial charge in [-0.1, -0.05) is 45.0 Å². The van der Waals surface area contributed by atoms with Gasteiger partial charge in [-0.2, -0.15) is 0 Å². The van der Waals surface area contributed by atoms with E-state index in [-0.39, 0.29) is 18.0 Å². The zero-order valence-electron chi connectivity index (χ0n) is 20.4. The van der Waals surface area contributed by atoms with Gasteiger partial charge in [-0.3, -0.25) is 19.1 Å². The lowest BCUT2D eigenvalue weighted by atomic mass is 9.87. The van der Waals surface area contributed by atoms with Gasteiger partial charge in [0.1, 0.15) is 5.54 Å². The lowest BCUT2D eigenvalue weighted by Gasteiger charge is -2.23. The molecule has 2 aromatic carbocycles. The van der Waals surface area contributed by atoms with E-state index in [0.29, 0.717) is 13.1 Å². The quantitative estimate of drug-likeness (QED) is 0.405. The highest BCUT2D eigenvalue weighted by Crippen LogP contribution is 2.36. The number of benzene rings is 2. The molecule has 11 heteroatoms. The van der Waals surface area contributed by atoms with Gasteiger partial charge in [0, 0.05) is 31.0 Å². The fraction of sp³-hybridized carbons (Fsp3) is 0.417. The summed E-state index contributed by atoms with van der Waals surface area (Å²) in [5.74, 6) is -0.613. The molecule has 190 valence electrons. The van der Waals surface area contributed by atoms with Gasteiger partial charge in [0.2, 0.25) is 5.91 Å². The fourth-order valence-electron chi connectivity index (χ4n) is 3.62. The number of carbonyl (C=O) groups is 2. The summed E-state index contributed by atoms with van der Waals surface area (Å²) >= 11 is 0. The number of urea groups is 1. The van der Waals surface area contributed by atoms with Crippen molar-refractivity contribution in [2.45, 2.75) is 45.2 Å². The number of hydrogen-bond acceptors (Lipinski definition) is 5.